The predicted molar refractivity (Wildman–Crippen MR) is 97.1 cm³/mol. The number of sulfonamides is 2. The average molecular weight is 402 g/mol. The number of benzene rings is 1. The Balaban J connectivity index is 0.00000529. The van der Waals surface area contributed by atoms with E-state index in [4.69, 9.17) is 4.74 Å². The number of ether oxygens (including phenoxy) is 1. The summed E-state index contributed by atoms with van der Waals surface area (Å²) in [4.78, 5) is -0.139. The fourth-order valence-corrected chi connectivity index (χ4v) is 3.67. The summed E-state index contributed by atoms with van der Waals surface area (Å²) in [7, 11) is -4.27. The van der Waals surface area contributed by atoms with Crippen molar-refractivity contribution >= 4 is 38.1 Å². The fourth-order valence-electron chi connectivity index (χ4n) is 1.74. The lowest BCUT2D eigenvalue weighted by atomic mass is 10.3. The van der Waals surface area contributed by atoms with Crippen molar-refractivity contribution in [3.8, 4) is 5.75 Å². The second kappa shape index (κ2) is 10.0. The van der Waals surface area contributed by atoms with E-state index in [0.29, 0.717) is 18.7 Å². The normalized spacial score (nSPS) is 11.6. The Morgan fingerprint density at radius 1 is 1.12 bits per heavy atom. The van der Waals surface area contributed by atoms with E-state index in [-0.39, 0.29) is 35.3 Å². The third-order valence-corrected chi connectivity index (χ3v) is 5.83. The van der Waals surface area contributed by atoms with E-state index in [0.717, 1.165) is 0 Å². The van der Waals surface area contributed by atoms with Crippen molar-refractivity contribution in [2.24, 2.45) is 0 Å². The summed E-state index contributed by atoms with van der Waals surface area (Å²) in [5, 5.41) is 2.92. The highest BCUT2D eigenvalue weighted by Crippen LogP contribution is 2.27. The summed E-state index contributed by atoms with van der Waals surface area (Å²) in [5.41, 5.74) is -0.0349. The van der Waals surface area contributed by atoms with Crippen molar-refractivity contribution in [3.05, 3.63) is 18.2 Å². The molecule has 1 aromatic carbocycles. The lowest BCUT2D eigenvalue weighted by molar-refractivity contribution is 0.414. The molecular weight excluding hydrogens is 378 g/mol. The van der Waals surface area contributed by atoms with Crippen molar-refractivity contribution in [3.63, 3.8) is 0 Å². The quantitative estimate of drug-likeness (QED) is 0.499. The third-order valence-electron chi connectivity index (χ3n) is 3.02. The van der Waals surface area contributed by atoms with Crippen LogP contribution < -0.4 is 19.5 Å². The molecule has 140 valence electrons. The molecule has 0 spiro atoms. The van der Waals surface area contributed by atoms with Crippen molar-refractivity contribution in [2.75, 3.05) is 37.7 Å². The molecule has 1 aromatic rings. The van der Waals surface area contributed by atoms with E-state index < -0.39 is 20.0 Å². The van der Waals surface area contributed by atoms with Gasteiger partial charge in [-0.3, -0.25) is 4.72 Å². The standard InChI is InChI=1S/C13H23N3O5S2.ClH/c1-4-22(17,18)16-12-10-11(21-3)6-7-13(12)23(19,20)15-9-5-8-14-2;/h6-7,10,14-16H,4-5,8-9H2,1-3H3;1H. The van der Waals surface area contributed by atoms with Crippen LogP contribution in [0.25, 0.3) is 0 Å². The largest absolute Gasteiger partial charge is 0.497 e. The van der Waals surface area contributed by atoms with Gasteiger partial charge in [-0.25, -0.2) is 21.6 Å². The van der Waals surface area contributed by atoms with E-state index in [1.807, 2.05) is 0 Å². The SMILES string of the molecule is CCS(=O)(=O)Nc1cc(OC)ccc1S(=O)(=O)NCCCNC.Cl. The highest BCUT2D eigenvalue weighted by atomic mass is 35.5. The van der Waals surface area contributed by atoms with E-state index in [2.05, 4.69) is 14.8 Å². The van der Waals surface area contributed by atoms with Crippen LogP contribution in [0.4, 0.5) is 5.69 Å². The molecule has 0 aliphatic carbocycles. The lowest BCUT2D eigenvalue weighted by Crippen LogP contribution is -2.28. The molecule has 0 fully saturated rings. The average Bonchev–Trinajstić information content (AvgIpc) is 2.51. The summed E-state index contributed by atoms with van der Waals surface area (Å²) in [6, 6.07) is 4.12. The minimum Gasteiger partial charge on any atom is -0.497 e. The van der Waals surface area contributed by atoms with E-state index >= 15 is 0 Å². The first-order valence-electron chi connectivity index (χ1n) is 7.08. The zero-order chi connectivity index (χ0) is 17.5. The van der Waals surface area contributed by atoms with Gasteiger partial charge in [0, 0.05) is 12.6 Å². The topological polar surface area (TPSA) is 114 Å². The molecule has 0 heterocycles. The molecule has 0 radical (unpaired) electrons. The second-order valence-corrected chi connectivity index (χ2v) is 8.47. The number of methoxy groups -OCH3 is 1. The van der Waals surface area contributed by atoms with Gasteiger partial charge in [0.15, 0.2) is 0 Å². The highest BCUT2D eigenvalue weighted by molar-refractivity contribution is 7.93. The van der Waals surface area contributed by atoms with E-state index in [1.54, 1.807) is 7.05 Å². The molecule has 0 atom stereocenters. The first-order valence-corrected chi connectivity index (χ1v) is 10.2. The first-order chi connectivity index (χ1) is 10.8. The molecule has 0 saturated carbocycles. The first kappa shape index (κ1) is 22.9. The number of nitrogens with one attached hydrogen (secondary N) is 3. The molecule has 3 N–H and O–H groups in total. The number of hydrogen-bond acceptors (Lipinski definition) is 6. The minimum absolute atomic E-state index is 0. The third kappa shape index (κ3) is 6.81. The molecule has 0 aliphatic heterocycles. The molecular formula is C13H24ClN3O5S2. The van der Waals surface area contributed by atoms with Gasteiger partial charge in [-0.1, -0.05) is 0 Å². The predicted octanol–water partition coefficient (Wildman–Crippen LogP) is 0.766. The van der Waals surface area contributed by atoms with Crippen LogP contribution in [0, 0.1) is 0 Å². The van der Waals surface area contributed by atoms with Gasteiger partial charge in [-0.2, -0.15) is 0 Å². The van der Waals surface area contributed by atoms with Gasteiger partial charge in [0.1, 0.15) is 10.6 Å². The lowest BCUT2D eigenvalue weighted by Gasteiger charge is -2.14. The Bertz CT molecular complexity index is 723. The van der Waals surface area contributed by atoms with Crippen LogP contribution in [-0.2, 0) is 20.0 Å². The summed E-state index contributed by atoms with van der Waals surface area (Å²) in [6.45, 7) is 2.38. The maximum absolute atomic E-state index is 12.4. The number of rotatable bonds is 10. The van der Waals surface area contributed by atoms with Crippen LogP contribution in [0.15, 0.2) is 23.1 Å². The Morgan fingerprint density at radius 3 is 2.33 bits per heavy atom. The van der Waals surface area contributed by atoms with Crippen molar-refractivity contribution in [2.45, 2.75) is 18.2 Å². The van der Waals surface area contributed by atoms with E-state index in [1.165, 1.54) is 32.2 Å². The van der Waals surface area contributed by atoms with Crippen LogP contribution in [0.2, 0.25) is 0 Å². The molecule has 11 heteroatoms. The summed E-state index contributed by atoms with van der Waals surface area (Å²) in [6.07, 6.45) is 0.613. The zero-order valence-corrected chi connectivity index (χ0v) is 16.3. The summed E-state index contributed by atoms with van der Waals surface area (Å²) in [5.74, 6) is 0.187. The van der Waals surface area contributed by atoms with Gasteiger partial charge in [0.25, 0.3) is 0 Å². The van der Waals surface area contributed by atoms with Crippen LogP contribution in [0.1, 0.15) is 13.3 Å². The second-order valence-electron chi connectivity index (χ2n) is 4.72. The number of hydrogen-bond donors (Lipinski definition) is 3. The van der Waals surface area contributed by atoms with Crippen molar-refractivity contribution in [1.29, 1.82) is 0 Å². The molecule has 1 rings (SSSR count). The minimum atomic E-state index is -3.84. The van der Waals surface area contributed by atoms with Gasteiger partial charge in [-0.05, 0) is 39.1 Å². The fraction of sp³-hybridized carbons (Fsp3) is 0.538. The summed E-state index contributed by atoms with van der Waals surface area (Å²) >= 11 is 0. The smallest absolute Gasteiger partial charge is 0.242 e. The van der Waals surface area contributed by atoms with Gasteiger partial charge in [0.2, 0.25) is 20.0 Å². The van der Waals surface area contributed by atoms with Gasteiger partial charge in [-0.15, -0.1) is 12.4 Å². The molecule has 8 nitrogen and oxygen atoms in total. The van der Waals surface area contributed by atoms with E-state index in [9.17, 15) is 16.8 Å². The monoisotopic (exact) mass is 401 g/mol. The molecule has 0 bridgehead atoms. The molecule has 0 saturated heterocycles. The Hall–Kier alpha value is -1.07. The number of anilines is 1. The number of halogens is 1. The van der Waals surface area contributed by atoms with Crippen molar-refractivity contribution in [1.82, 2.24) is 10.0 Å². The molecule has 0 unspecified atom stereocenters. The molecule has 24 heavy (non-hydrogen) atoms. The Morgan fingerprint density at radius 2 is 1.79 bits per heavy atom. The van der Waals surface area contributed by atoms with Crippen LogP contribution in [-0.4, -0.2) is 49.8 Å². The summed E-state index contributed by atoms with van der Waals surface area (Å²) < 4.78 is 58.1. The van der Waals surface area contributed by atoms with Crippen LogP contribution in [0.3, 0.4) is 0 Å². The zero-order valence-electron chi connectivity index (χ0n) is 13.8. The molecule has 0 aliphatic rings. The molecule has 0 amide bonds. The molecule has 0 aromatic heterocycles. The highest BCUT2D eigenvalue weighted by Gasteiger charge is 2.21. The van der Waals surface area contributed by atoms with Crippen LogP contribution in [0.5, 0.6) is 5.75 Å². The maximum atomic E-state index is 12.4. The van der Waals surface area contributed by atoms with Crippen LogP contribution >= 0.6 is 12.4 Å². The van der Waals surface area contributed by atoms with Gasteiger partial charge < -0.3 is 10.1 Å². The van der Waals surface area contributed by atoms with Crippen molar-refractivity contribution < 1.29 is 21.6 Å². The Kier molecular flexibility index (Phi) is 9.59. The van der Waals surface area contributed by atoms with Gasteiger partial charge in [0.05, 0.1) is 18.6 Å². The Labute approximate surface area is 149 Å². The maximum Gasteiger partial charge on any atom is 0.242 e. The van der Waals surface area contributed by atoms with Gasteiger partial charge >= 0.3 is 0 Å².